The minimum atomic E-state index is -0.355. The van der Waals surface area contributed by atoms with E-state index in [9.17, 15) is 4.79 Å². The monoisotopic (exact) mass is 290 g/mol. The highest BCUT2D eigenvalue weighted by Crippen LogP contribution is 2.12. The van der Waals surface area contributed by atoms with Gasteiger partial charge in [0.1, 0.15) is 5.76 Å². The van der Waals surface area contributed by atoms with Crippen LogP contribution in [-0.2, 0) is 0 Å². The molecule has 4 heteroatoms. The zero-order valence-corrected chi connectivity index (χ0v) is 12.2. The van der Waals surface area contributed by atoms with Gasteiger partial charge in [0.2, 0.25) is 5.43 Å². The van der Waals surface area contributed by atoms with Crippen molar-refractivity contribution in [1.29, 1.82) is 0 Å². The molecule has 108 valence electrons. The van der Waals surface area contributed by atoms with Crippen LogP contribution in [0.25, 0.3) is 0 Å². The predicted molar refractivity (Wildman–Crippen MR) is 88.2 cm³/mol. The van der Waals surface area contributed by atoms with Crippen molar-refractivity contribution in [3.8, 4) is 5.75 Å². The third-order valence-electron chi connectivity index (χ3n) is 3.45. The smallest absolute Gasteiger partial charge is 0.426 e. The van der Waals surface area contributed by atoms with Crippen molar-refractivity contribution in [3.05, 3.63) is 89.0 Å². The van der Waals surface area contributed by atoms with Gasteiger partial charge in [-0.2, -0.15) is 0 Å². The van der Waals surface area contributed by atoms with Gasteiger partial charge in [-0.15, -0.1) is 0 Å². The predicted octanol–water partition coefficient (Wildman–Crippen LogP) is 2.13. The molecule has 0 aliphatic rings. The van der Waals surface area contributed by atoms with Gasteiger partial charge < -0.3 is 9.07 Å². The maximum atomic E-state index is 12.1. The van der Waals surface area contributed by atoms with Gasteiger partial charge in [-0.3, -0.25) is 4.79 Å². The van der Waals surface area contributed by atoms with Crippen LogP contribution in [0.2, 0.25) is 0 Å². The van der Waals surface area contributed by atoms with E-state index in [1.807, 2.05) is 60.7 Å². The van der Waals surface area contributed by atoms with Crippen LogP contribution in [0.3, 0.4) is 0 Å². The largest absolute Gasteiger partial charge is 0.546 e. The lowest BCUT2D eigenvalue weighted by molar-refractivity contribution is 0.465. The van der Waals surface area contributed by atoms with E-state index in [2.05, 4.69) is 0 Å². The Kier molecular flexibility index (Phi) is 4.10. The normalized spacial score (nSPS) is 10.2. The number of rotatable bonds is 4. The van der Waals surface area contributed by atoms with Gasteiger partial charge in [0.25, 0.3) is 0 Å². The maximum absolute atomic E-state index is 12.1. The Morgan fingerprint density at radius 1 is 0.864 bits per heavy atom. The average molecular weight is 290 g/mol. The number of aryl methyl sites for hydroxylation is 1. The van der Waals surface area contributed by atoms with E-state index in [1.165, 1.54) is 12.3 Å². The maximum Gasteiger partial charge on any atom is 0.426 e. The van der Waals surface area contributed by atoms with Crippen molar-refractivity contribution < 1.29 is 9.07 Å². The number of hydrogen-bond donors (Lipinski definition) is 0. The molecule has 0 unspecified atom stereocenters. The fourth-order valence-electron chi connectivity index (χ4n) is 2.34. The Morgan fingerprint density at radius 2 is 1.41 bits per heavy atom. The lowest BCUT2D eigenvalue weighted by Gasteiger charge is -2.16. The molecule has 3 aromatic rings. The summed E-state index contributed by atoms with van der Waals surface area (Å²) in [7, 11) is 0. The quantitative estimate of drug-likeness (QED) is 0.691. The van der Waals surface area contributed by atoms with Crippen LogP contribution in [0.4, 0.5) is 0 Å². The molecule has 1 heterocycles. The topological polar surface area (TPSA) is 39.4 Å². The Hall–Kier alpha value is -2.75. The molecular formula is C18H15BO3. The van der Waals surface area contributed by atoms with Gasteiger partial charge in [0.15, 0.2) is 5.75 Å². The van der Waals surface area contributed by atoms with E-state index in [1.54, 1.807) is 6.92 Å². The molecule has 3 nitrogen and oxygen atoms in total. The van der Waals surface area contributed by atoms with Gasteiger partial charge in [-0.05, 0) is 17.8 Å². The van der Waals surface area contributed by atoms with Gasteiger partial charge in [-0.25, -0.2) is 0 Å². The molecule has 0 fully saturated rings. The molecule has 0 bridgehead atoms. The first-order valence-corrected chi connectivity index (χ1v) is 7.10. The summed E-state index contributed by atoms with van der Waals surface area (Å²) in [5.74, 6) is 0.726. The summed E-state index contributed by atoms with van der Waals surface area (Å²) in [5.41, 5.74) is 1.79. The highest BCUT2D eigenvalue weighted by Gasteiger charge is 2.25. The Labute approximate surface area is 129 Å². The van der Waals surface area contributed by atoms with E-state index in [-0.39, 0.29) is 18.1 Å². The molecule has 0 N–H and O–H groups in total. The van der Waals surface area contributed by atoms with Crippen molar-refractivity contribution in [2.45, 2.75) is 6.92 Å². The van der Waals surface area contributed by atoms with Crippen molar-refractivity contribution >= 4 is 17.8 Å². The first-order chi connectivity index (χ1) is 10.8. The molecule has 0 saturated carbocycles. The fraction of sp³-hybridized carbons (Fsp3) is 0.0556. The van der Waals surface area contributed by atoms with Crippen LogP contribution in [0.15, 0.2) is 82.2 Å². The first kappa shape index (κ1) is 14.2. The molecule has 0 saturated heterocycles. The third-order valence-corrected chi connectivity index (χ3v) is 3.45. The SMILES string of the molecule is Cc1occc(=O)c1OB(c1ccccc1)c1ccccc1. The standard InChI is InChI=1S/C18H15BO3/c1-14-18(17(20)12-13-21-14)22-19(15-8-4-2-5-9-15)16-10-6-3-7-11-16/h2-13H,1H3. The van der Waals surface area contributed by atoms with E-state index in [0.29, 0.717) is 5.76 Å². The van der Waals surface area contributed by atoms with Crippen LogP contribution in [0.5, 0.6) is 5.75 Å². The molecule has 0 amide bonds. The molecule has 2 aromatic carbocycles. The zero-order chi connectivity index (χ0) is 15.4. The Bertz CT molecular complexity index is 758. The number of hydrogen-bond acceptors (Lipinski definition) is 3. The number of benzene rings is 2. The fourth-order valence-corrected chi connectivity index (χ4v) is 2.34. The van der Waals surface area contributed by atoms with Crippen LogP contribution < -0.4 is 21.0 Å². The van der Waals surface area contributed by atoms with Gasteiger partial charge in [0.05, 0.1) is 6.26 Å². The minimum Gasteiger partial charge on any atom is -0.546 e. The second-order valence-corrected chi connectivity index (χ2v) is 4.99. The summed E-state index contributed by atoms with van der Waals surface area (Å²) >= 11 is 0. The van der Waals surface area contributed by atoms with Crippen LogP contribution >= 0.6 is 0 Å². The van der Waals surface area contributed by atoms with Crippen molar-refractivity contribution in [1.82, 2.24) is 0 Å². The lowest BCUT2D eigenvalue weighted by Crippen LogP contribution is -2.48. The summed E-state index contributed by atoms with van der Waals surface area (Å²) < 4.78 is 11.3. The van der Waals surface area contributed by atoms with Gasteiger partial charge in [0, 0.05) is 6.07 Å². The second-order valence-electron chi connectivity index (χ2n) is 4.99. The van der Waals surface area contributed by atoms with E-state index >= 15 is 0 Å². The first-order valence-electron chi connectivity index (χ1n) is 7.10. The summed E-state index contributed by atoms with van der Waals surface area (Å²) in [5, 5.41) is 0. The minimum absolute atomic E-state index is 0.180. The zero-order valence-electron chi connectivity index (χ0n) is 12.2. The van der Waals surface area contributed by atoms with E-state index in [0.717, 1.165) is 10.9 Å². The van der Waals surface area contributed by atoms with E-state index in [4.69, 9.17) is 9.07 Å². The molecular weight excluding hydrogens is 275 g/mol. The molecule has 22 heavy (non-hydrogen) atoms. The van der Waals surface area contributed by atoms with Crippen molar-refractivity contribution in [2.24, 2.45) is 0 Å². The second kappa shape index (κ2) is 6.35. The molecule has 3 rings (SSSR count). The molecule has 0 radical (unpaired) electrons. The lowest BCUT2D eigenvalue weighted by atomic mass is 9.55. The van der Waals surface area contributed by atoms with E-state index < -0.39 is 0 Å². The summed E-state index contributed by atoms with van der Waals surface area (Å²) in [6, 6.07) is 21.0. The summed E-state index contributed by atoms with van der Waals surface area (Å²) in [6.07, 6.45) is 1.38. The average Bonchev–Trinajstić information content (AvgIpc) is 2.56. The molecule has 0 aliphatic carbocycles. The summed E-state index contributed by atoms with van der Waals surface area (Å²) in [6.45, 7) is 1.37. The Balaban J connectivity index is 2.05. The van der Waals surface area contributed by atoms with Crippen molar-refractivity contribution in [2.75, 3.05) is 0 Å². The molecule has 0 spiro atoms. The van der Waals surface area contributed by atoms with Gasteiger partial charge in [-0.1, -0.05) is 60.7 Å². The van der Waals surface area contributed by atoms with Crippen LogP contribution in [0, 0.1) is 6.92 Å². The molecule has 1 aromatic heterocycles. The highest BCUT2D eigenvalue weighted by molar-refractivity contribution is 6.80. The van der Waals surface area contributed by atoms with Crippen LogP contribution in [0.1, 0.15) is 5.76 Å². The molecule has 0 atom stereocenters. The van der Waals surface area contributed by atoms with Gasteiger partial charge >= 0.3 is 6.92 Å². The third kappa shape index (κ3) is 2.96. The molecule has 0 aliphatic heterocycles. The summed E-state index contributed by atoms with van der Waals surface area (Å²) in [4.78, 5) is 12.1. The highest BCUT2D eigenvalue weighted by atomic mass is 16.5. The van der Waals surface area contributed by atoms with Crippen LogP contribution in [-0.4, -0.2) is 6.92 Å². The Morgan fingerprint density at radius 3 is 1.91 bits per heavy atom. The van der Waals surface area contributed by atoms with Crippen molar-refractivity contribution in [3.63, 3.8) is 0 Å².